The fraction of sp³-hybridized carbons (Fsp3) is 0.625. The fourth-order valence-electron chi connectivity index (χ4n) is 3.26. The first-order valence-electron chi connectivity index (χ1n) is 7.00. The van der Waals surface area contributed by atoms with Gasteiger partial charge in [0.15, 0.2) is 0 Å². The molecule has 1 aromatic carbocycles. The minimum atomic E-state index is 0.278. The molecule has 1 unspecified atom stereocenters. The summed E-state index contributed by atoms with van der Waals surface area (Å²) in [6.07, 6.45) is 2.56. The van der Waals surface area contributed by atoms with Crippen LogP contribution in [0.5, 0.6) is 0 Å². The molecule has 100 valence electrons. The van der Waals surface area contributed by atoms with Crippen molar-refractivity contribution in [2.24, 2.45) is 5.73 Å². The summed E-state index contributed by atoms with van der Waals surface area (Å²) in [7, 11) is 0. The summed E-state index contributed by atoms with van der Waals surface area (Å²) in [5.41, 5.74) is 10.5. The number of nitrogens with zero attached hydrogens (tertiary/aromatic N) is 1. The van der Waals surface area contributed by atoms with Crippen LogP contribution in [0.2, 0.25) is 0 Å². The van der Waals surface area contributed by atoms with E-state index in [1.165, 1.54) is 36.1 Å². The van der Waals surface area contributed by atoms with Crippen LogP contribution >= 0.6 is 0 Å². The lowest BCUT2D eigenvalue weighted by molar-refractivity contribution is 0.119. The fourth-order valence-corrected chi connectivity index (χ4v) is 3.26. The van der Waals surface area contributed by atoms with Crippen LogP contribution < -0.4 is 5.73 Å². The summed E-state index contributed by atoms with van der Waals surface area (Å²) in [5.74, 6) is 0. The van der Waals surface area contributed by atoms with Crippen LogP contribution in [0.25, 0.3) is 0 Å². The zero-order valence-electron chi connectivity index (χ0n) is 12.2. The maximum Gasteiger partial charge on any atom is 0.0478 e. The highest BCUT2D eigenvalue weighted by Gasteiger charge is 2.37. The van der Waals surface area contributed by atoms with E-state index in [-0.39, 0.29) is 5.54 Å². The van der Waals surface area contributed by atoms with Gasteiger partial charge in [0.1, 0.15) is 0 Å². The van der Waals surface area contributed by atoms with Gasteiger partial charge in [-0.25, -0.2) is 0 Å². The number of benzene rings is 1. The van der Waals surface area contributed by atoms with E-state index in [1.807, 2.05) is 0 Å². The highest BCUT2D eigenvalue weighted by atomic mass is 15.2. The molecule has 1 heterocycles. The molecule has 0 bridgehead atoms. The number of nitrogens with two attached hydrogens (primary N) is 1. The number of likely N-dealkylation sites (tertiary alicyclic amines) is 1. The van der Waals surface area contributed by atoms with Gasteiger partial charge in [0.25, 0.3) is 0 Å². The van der Waals surface area contributed by atoms with Gasteiger partial charge in [0.2, 0.25) is 0 Å². The molecule has 2 N–H and O–H groups in total. The van der Waals surface area contributed by atoms with Crippen molar-refractivity contribution < 1.29 is 0 Å². The van der Waals surface area contributed by atoms with Gasteiger partial charge in [0.05, 0.1) is 0 Å². The number of rotatable bonds is 3. The van der Waals surface area contributed by atoms with Crippen molar-refractivity contribution in [3.63, 3.8) is 0 Å². The van der Waals surface area contributed by atoms with Crippen molar-refractivity contribution in [3.8, 4) is 0 Å². The highest BCUT2D eigenvalue weighted by Crippen LogP contribution is 2.37. The molecule has 1 fully saturated rings. The third-order valence-corrected chi connectivity index (χ3v) is 4.57. The van der Waals surface area contributed by atoms with E-state index in [0.29, 0.717) is 12.6 Å². The van der Waals surface area contributed by atoms with Gasteiger partial charge in [0, 0.05) is 18.1 Å². The van der Waals surface area contributed by atoms with Crippen LogP contribution in [0.4, 0.5) is 0 Å². The van der Waals surface area contributed by atoms with Gasteiger partial charge >= 0.3 is 0 Å². The maximum atomic E-state index is 6.08. The summed E-state index contributed by atoms with van der Waals surface area (Å²) in [4.78, 5) is 2.59. The van der Waals surface area contributed by atoms with E-state index in [0.717, 1.165) is 0 Å². The Balaban J connectivity index is 2.37. The second-order valence-electron chi connectivity index (χ2n) is 6.15. The molecular formula is C16H26N2. The third kappa shape index (κ3) is 2.32. The van der Waals surface area contributed by atoms with Gasteiger partial charge in [-0.3, -0.25) is 4.90 Å². The zero-order chi connectivity index (χ0) is 13.3. The van der Waals surface area contributed by atoms with Crippen LogP contribution in [0, 0.1) is 13.8 Å². The van der Waals surface area contributed by atoms with E-state index < -0.39 is 0 Å². The second-order valence-corrected chi connectivity index (χ2v) is 6.15. The Morgan fingerprint density at radius 2 is 2.06 bits per heavy atom. The number of hydrogen-bond donors (Lipinski definition) is 1. The summed E-state index contributed by atoms with van der Waals surface area (Å²) in [6.45, 7) is 11.0. The van der Waals surface area contributed by atoms with Gasteiger partial charge in [-0.2, -0.15) is 0 Å². The predicted molar refractivity (Wildman–Crippen MR) is 77.7 cm³/mol. The van der Waals surface area contributed by atoms with E-state index in [9.17, 15) is 0 Å². The second kappa shape index (κ2) is 5.02. The molecule has 0 saturated carbocycles. The van der Waals surface area contributed by atoms with Crippen molar-refractivity contribution in [2.45, 2.75) is 52.1 Å². The number of aryl methyl sites for hydroxylation is 1. The minimum Gasteiger partial charge on any atom is -0.329 e. The Morgan fingerprint density at radius 3 is 2.61 bits per heavy atom. The maximum absolute atomic E-state index is 6.08. The Bertz CT molecular complexity index is 423. The average molecular weight is 246 g/mol. The first-order valence-corrected chi connectivity index (χ1v) is 7.00. The molecule has 0 radical (unpaired) electrons. The molecule has 1 atom stereocenters. The SMILES string of the molecule is Cc1cccc(C(CN)N2CCCC2(C)C)c1C. The average Bonchev–Trinajstić information content (AvgIpc) is 2.66. The molecule has 18 heavy (non-hydrogen) atoms. The molecule has 0 aromatic heterocycles. The van der Waals surface area contributed by atoms with Crippen molar-refractivity contribution in [1.29, 1.82) is 0 Å². The highest BCUT2D eigenvalue weighted by molar-refractivity contribution is 5.36. The van der Waals surface area contributed by atoms with Gasteiger partial charge in [-0.15, -0.1) is 0 Å². The largest absolute Gasteiger partial charge is 0.329 e. The Kier molecular flexibility index (Phi) is 3.79. The van der Waals surface area contributed by atoms with Gasteiger partial charge in [-0.1, -0.05) is 18.2 Å². The minimum absolute atomic E-state index is 0.278. The third-order valence-electron chi connectivity index (χ3n) is 4.57. The molecular weight excluding hydrogens is 220 g/mol. The topological polar surface area (TPSA) is 29.3 Å². The predicted octanol–water partition coefficient (Wildman–Crippen LogP) is 3.18. The lowest BCUT2D eigenvalue weighted by Crippen LogP contribution is -2.43. The van der Waals surface area contributed by atoms with Crippen molar-refractivity contribution in [3.05, 3.63) is 34.9 Å². The molecule has 0 aliphatic carbocycles. The Morgan fingerprint density at radius 1 is 1.33 bits per heavy atom. The van der Waals surface area contributed by atoms with Crippen molar-refractivity contribution in [1.82, 2.24) is 4.90 Å². The lowest BCUT2D eigenvalue weighted by atomic mass is 9.93. The summed E-state index contributed by atoms with van der Waals surface area (Å²) in [6, 6.07) is 6.95. The molecule has 1 aliphatic heterocycles. The van der Waals surface area contributed by atoms with E-state index >= 15 is 0 Å². The summed E-state index contributed by atoms with van der Waals surface area (Å²) in [5, 5.41) is 0. The van der Waals surface area contributed by atoms with Gasteiger partial charge < -0.3 is 5.73 Å². The van der Waals surface area contributed by atoms with Crippen LogP contribution in [0.15, 0.2) is 18.2 Å². The van der Waals surface area contributed by atoms with E-state index in [2.05, 4.69) is 50.8 Å². The first kappa shape index (κ1) is 13.6. The normalized spacial score (nSPS) is 21.2. The Hall–Kier alpha value is -0.860. The van der Waals surface area contributed by atoms with E-state index in [4.69, 9.17) is 5.73 Å². The molecule has 1 saturated heterocycles. The molecule has 2 heteroatoms. The van der Waals surface area contributed by atoms with Crippen LogP contribution in [-0.2, 0) is 0 Å². The molecule has 2 nitrogen and oxygen atoms in total. The monoisotopic (exact) mass is 246 g/mol. The summed E-state index contributed by atoms with van der Waals surface area (Å²) < 4.78 is 0. The molecule has 2 rings (SSSR count). The molecule has 1 aromatic rings. The van der Waals surface area contributed by atoms with Crippen LogP contribution in [0.1, 0.15) is 49.4 Å². The molecule has 1 aliphatic rings. The van der Waals surface area contributed by atoms with Crippen LogP contribution in [0.3, 0.4) is 0 Å². The van der Waals surface area contributed by atoms with Crippen molar-refractivity contribution >= 4 is 0 Å². The first-order chi connectivity index (χ1) is 8.47. The quantitative estimate of drug-likeness (QED) is 0.887. The standard InChI is InChI=1S/C16H26N2/c1-12-7-5-8-14(13(12)2)15(11-17)18-10-6-9-16(18,3)4/h5,7-8,15H,6,9-11,17H2,1-4H3. The van der Waals surface area contributed by atoms with Gasteiger partial charge in [-0.05, 0) is 63.8 Å². The van der Waals surface area contributed by atoms with Crippen molar-refractivity contribution in [2.75, 3.05) is 13.1 Å². The van der Waals surface area contributed by atoms with E-state index in [1.54, 1.807) is 0 Å². The molecule has 0 spiro atoms. The smallest absolute Gasteiger partial charge is 0.0478 e. The lowest BCUT2D eigenvalue weighted by Gasteiger charge is -2.39. The zero-order valence-corrected chi connectivity index (χ0v) is 12.2. The van der Waals surface area contributed by atoms with Crippen LogP contribution in [-0.4, -0.2) is 23.5 Å². The Labute approximate surface area is 111 Å². The number of hydrogen-bond acceptors (Lipinski definition) is 2. The summed E-state index contributed by atoms with van der Waals surface area (Å²) >= 11 is 0. The molecule has 0 amide bonds.